The van der Waals surface area contributed by atoms with Gasteiger partial charge in [0.15, 0.2) is 14.1 Å². The molecule has 0 aromatic heterocycles. The maximum Gasteiger partial charge on any atom is 0.284 e. The average molecular weight is 384 g/mol. The summed E-state index contributed by atoms with van der Waals surface area (Å²) in [6.45, 7) is 19.8. The molecule has 0 bridgehead atoms. The monoisotopic (exact) mass is 384 g/mol. The number of anilines is 1. The first-order chi connectivity index (χ1) is 12.2. The minimum absolute atomic E-state index is 0.597. The zero-order chi connectivity index (χ0) is 18.4. The third kappa shape index (κ3) is 4.28. The van der Waals surface area contributed by atoms with Gasteiger partial charge in [-0.1, -0.05) is 53.7 Å². The van der Waals surface area contributed by atoms with E-state index in [2.05, 4.69) is 84.3 Å². The second-order valence-electron chi connectivity index (χ2n) is 5.79. The van der Waals surface area contributed by atoms with Gasteiger partial charge < -0.3 is 4.52 Å². The molecule has 1 unspecified atom stereocenters. The highest BCUT2D eigenvalue weighted by atomic mass is 31.2. The summed E-state index contributed by atoms with van der Waals surface area (Å²) in [6, 6.07) is 8.55. The minimum Gasteiger partial charge on any atom is -0.438 e. The Morgan fingerprint density at radius 1 is 0.840 bits per heavy atom. The topological polar surface area (TPSA) is 22.2 Å². The van der Waals surface area contributed by atoms with Gasteiger partial charge in [0.25, 0.3) is 8.45 Å². The first kappa shape index (κ1) is 20.9. The van der Waals surface area contributed by atoms with Crippen LogP contribution in [-0.2, 0) is 0 Å². The van der Waals surface area contributed by atoms with Crippen molar-refractivity contribution in [2.75, 3.05) is 43.7 Å². The first-order valence-corrected chi connectivity index (χ1v) is 11.9. The molecule has 1 atom stereocenters. The van der Waals surface area contributed by atoms with Gasteiger partial charge in [-0.05, 0) is 12.1 Å². The minimum atomic E-state index is -0.814. The Morgan fingerprint density at radius 3 is 1.84 bits per heavy atom. The third-order valence-electron chi connectivity index (χ3n) is 4.53. The summed E-state index contributed by atoms with van der Waals surface area (Å²) in [5.74, 6) is 1.03. The molecular formula is C18H34N4OP2. The number of hydrogen-bond donors (Lipinski definition) is 0. The van der Waals surface area contributed by atoms with Gasteiger partial charge in [-0.15, -0.1) is 0 Å². The van der Waals surface area contributed by atoms with Gasteiger partial charge in [0, 0.05) is 39.3 Å². The SMILES string of the molecule is CCN(CC)P1Oc2ccccc2N1P(N(CC)CC)N(CC)CC. The molecule has 1 heterocycles. The number of benzene rings is 1. The van der Waals surface area contributed by atoms with Crippen LogP contribution < -0.4 is 8.96 Å². The smallest absolute Gasteiger partial charge is 0.284 e. The summed E-state index contributed by atoms with van der Waals surface area (Å²) >= 11 is 0. The Labute approximate surface area is 156 Å². The number of hydrogen-bond acceptors (Lipinski definition) is 5. The van der Waals surface area contributed by atoms with Crippen LogP contribution in [0.2, 0.25) is 0 Å². The quantitative estimate of drug-likeness (QED) is 0.505. The fourth-order valence-electron chi connectivity index (χ4n) is 3.10. The van der Waals surface area contributed by atoms with Crippen LogP contribution >= 0.6 is 16.8 Å². The maximum absolute atomic E-state index is 6.50. The molecule has 1 aliphatic rings. The molecule has 0 N–H and O–H groups in total. The van der Waals surface area contributed by atoms with Crippen molar-refractivity contribution in [2.45, 2.75) is 41.5 Å². The highest BCUT2D eigenvalue weighted by molar-refractivity contribution is 7.72. The van der Waals surface area contributed by atoms with E-state index in [-0.39, 0.29) is 0 Å². The van der Waals surface area contributed by atoms with Crippen LogP contribution in [0.5, 0.6) is 5.75 Å². The van der Waals surface area contributed by atoms with Gasteiger partial charge in [-0.2, -0.15) is 0 Å². The van der Waals surface area contributed by atoms with Crippen molar-refractivity contribution in [1.82, 2.24) is 14.0 Å². The molecule has 7 heteroatoms. The highest BCUT2D eigenvalue weighted by Gasteiger charge is 2.44. The highest BCUT2D eigenvalue weighted by Crippen LogP contribution is 2.69. The summed E-state index contributed by atoms with van der Waals surface area (Å²) in [5, 5.41) is 0. The predicted molar refractivity (Wildman–Crippen MR) is 112 cm³/mol. The molecule has 142 valence electrons. The standard InChI is InChI=1S/C18H34N4OP2/c1-7-19(8-2)24(20(9-3)10-4)22-17-15-13-14-16-18(17)23-25(22)21(11-5)12-6/h13-16H,7-12H2,1-6H3. The molecule has 2 rings (SSSR count). The van der Waals surface area contributed by atoms with Crippen LogP contribution in [0.15, 0.2) is 24.3 Å². The van der Waals surface area contributed by atoms with E-state index in [9.17, 15) is 0 Å². The lowest BCUT2D eigenvalue weighted by Gasteiger charge is -2.45. The van der Waals surface area contributed by atoms with E-state index in [4.69, 9.17) is 4.52 Å². The second-order valence-corrected chi connectivity index (χ2v) is 9.82. The van der Waals surface area contributed by atoms with Crippen molar-refractivity contribution in [3.63, 3.8) is 0 Å². The van der Waals surface area contributed by atoms with Crippen molar-refractivity contribution in [2.24, 2.45) is 0 Å². The van der Waals surface area contributed by atoms with E-state index >= 15 is 0 Å². The average Bonchev–Trinajstić information content (AvgIpc) is 3.02. The van der Waals surface area contributed by atoms with E-state index in [1.165, 1.54) is 5.69 Å². The lowest BCUT2D eigenvalue weighted by atomic mass is 10.3. The maximum atomic E-state index is 6.50. The van der Waals surface area contributed by atoms with E-state index in [0.717, 1.165) is 45.0 Å². The molecule has 1 aromatic carbocycles. The Balaban J connectivity index is 2.51. The van der Waals surface area contributed by atoms with Crippen LogP contribution in [0.4, 0.5) is 5.69 Å². The molecule has 1 aromatic rings. The normalized spacial score (nSPS) is 17.0. The van der Waals surface area contributed by atoms with Gasteiger partial charge >= 0.3 is 0 Å². The van der Waals surface area contributed by atoms with Crippen LogP contribution in [0, 0.1) is 0 Å². The van der Waals surface area contributed by atoms with Crippen LogP contribution in [-0.4, -0.2) is 53.3 Å². The largest absolute Gasteiger partial charge is 0.438 e. The predicted octanol–water partition coefficient (Wildman–Crippen LogP) is 5.36. The Kier molecular flexibility index (Phi) is 8.38. The zero-order valence-electron chi connectivity index (χ0n) is 16.6. The molecule has 0 spiro atoms. The fourth-order valence-corrected chi connectivity index (χ4v) is 8.58. The van der Waals surface area contributed by atoms with Gasteiger partial charge in [-0.25, -0.2) is 4.67 Å². The van der Waals surface area contributed by atoms with Gasteiger partial charge in [-0.3, -0.25) is 13.8 Å². The van der Waals surface area contributed by atoms with E-state index in [0.29, 0.717) is 0 Å². The van der Waals surface area contributed by atoms with Crippen molar-refractivity contribution in [1.29, 1.82) is 0 Å². The summed E-state index contributed by atoms with van der Waals surface area (Å²) in [6.07, 6.45) is 0. The molecule has 1 aliphatic heterocycles. The molecule has 0 aliphatic carbocycles. The van der Waals surface area contributed by atoms with Gasteiger partial charge in [0.1, 0.15) is 0 Å². The molecule has 0 saturated heterocycles. The third-order valence-corrected chi connectivity index (χ3v) is 10.1. The fraction of sp³-hybridized carbons (Fsp3) is 0.667. The zero-order valence-corrected chi connectivity index (χ0v) is 18.4. The number of fused-ring (bicyclic) bond motifs is 1. The van der Waals surface area contributed by atoms with Crippen molar-refractivity contribution >= 4 is 22.5 Å². The molecule has 0 saturated carbocycles. The van der Waals surface area contributed by atoms with Gasteiger partial charge in [0.2, 0.25) is 0 Å². The van der Waals surface area contributed by atoms with Crippen molar-refractivity contribution in [3.05, 3.63) is 24.3 Å². The van der Waals surface area contributed by atoms with Crippen molar-refractivity contribution in [3.8, 4) is 5.75 Å². The summed E-state index contributed by atoms with van der Waals surface area (Å²) < 4.78 is 16.8. The molecule has 0 radical (unpaired) electrons. The summed E-state index contributed by atoms with van der Waals surface area (Å²) in [5.41, 5.74) is 1.26. The Morgan fingerprint density at radius 2 is 1.36 bits per heavy atom. The number of nitrogens with zero attached hydrogens (tertiary/aromatic N) is 4. The van der Waals surface area contributed by atoms with Crippen LogP contribution in [0.1, 0.15) is 41.5 Å². The number of para-hydroxylation sites is 2. The molecule has 0 amide bonds. The summed E-state index contributed by atoms with van der Waals surface area (Å²) in [7, 11) is -1.41. The molecule has 0 fully saturated rings. The van der Waals surface area contributed by atoms with E-state index < -0.39 is 16.8 Å². The van der Waals surface area contributed by atoms with Gasteiger partial charge in [0.05, 0.1) is 5.69 Å². The summed E-state index contributed by atoms with van der Waals surface area (Å²) in [4.78, 5) is 0. The van der Waals surface area contributed by atoms with Crippen LogP contribution in [0.3, 0.4) is 0 Å². The van der Waals surface area contributed by atoms with Crippen molar-refractivity contribution < 1.29 is 4.52 Å². The first-order valence-electron chi connectivity index (χ1n) is 9.58. The second kappa shape index (κ2) is 10.0. The lowest BCUT2D eigenvalue weighted by molar-refractivity contribution is 0.420. The van der Waals surface area contributed by atoms with E-state index in [1.807, 2.05) is 0 Å². The molecule has 25 heavy (non-hydrogen) atoms. The molecular weight excluding hydrogens is 350 g/mol. The Bertz CT molecular complexity index is 510. The Hall–Kier alpha value is -0.440. The van der Waals surface area contributed by atoms with E-state index in [1.54, 1.807) is 0 Å². The molecule has 5 nitrogen and oxygen atoms in total. The lowest BCUT2D eigenvalue weighted by Crippen LogP contribution is -2.37. The number of rotatable bonds is 10. The van der Waals surface area contributed by atoms with Crippen LogP contribution in [0.25, 0.3) is 0 Å².